The average molecular weight is 373 g/mol. The molecule has 0 radical (unpaired) electrons. The average Bonchev–Trinajstić information content (AvgIpc) is 3.26. The lowest BCUT2D eigenvalue weighted by Crippen LogP contribution is -2.41. The highest BCUT2D eigenvalue weighted by molar-refractivity contribution is 6.31. The van der Waals surface area contributed by atoms with E-state index in [1.807, 2.05) is 17.6 Å². The molecule has 0 aliphatic carbocycles. The number of urea groups is 1. The lowest BCUT2D eigenvalue weighted by Gasteiger charge is -2.32. The molecule has 0 fully saturated rings. The van der Waals surface area contributed by atoms with Gasteiger partial charge in [0.15, 0.2) is 0 Å². The molecule has 3 heterocycles. The van der Waals surface area contributed by atoms with Crippen LogP contribution in [0.1, 0.15) is 18.5 Å². The van der Waals surface area contributed by atoms with Gasteiger partial charge in [-0.1, -0.05) is 23.7 Å². The lowest BCUT2D eigenvalue weighted by molar-refractivity contribution is 0.223. The van der Waals surface area contributed by atoms with Gasteiger partial charge in [0.25, 0.3) is 0 Å². The van der Waals surface area contributed by atoms with Crippen LogP contribution in [0.3, 0.4) is 0 Å². The molecule has 2 aromatic heterocycles. The topological polar surface area (TPSA) is 80.3 Å². The van der Waals surface area contributed by atoms with Gasteiger partial charge in [0.1, 0.15) is 12.0 Å². The largest absolute Gasteiger partial charge is 0.339 e. The molecule has 0 spiro atoms. The first-order chi connectivity index (χ1) is 12.5. The van der Waals surface area contributed by atoms with Crippen LogP contribution in [-0.2, 0) is 13.0 Å². The van der Waals surface area contributed by atoms with Crippen molar-refractivity contribution in [3.63, 3.8) is 0 Å². The van der Waals surface area contributed by atoms with Crippen molar-refractivity contribution < 1.29 is 9.32 Å². The summed E-state index contributed by atoms with van der Waals surface area (Å²) in [5, 5.41) is 4.58. The predicted molar refractivity (Wildman–Crippen MR) is 96.5 cm³/mol. The highest BCUT2D eigenvalue weighted by Gasteiger charge is 2.31. The summed E-state index contributed by atoms with van der Waals surface area (Å²) in [4.78, 5) is 24.8. The van der Waals surface area contributed by atoms with Crippen LogP contribution in [0.15, 0.2) is 29.0 Å². The van der Waals surface area contributed by atoms with E-state index in [4.69, 9.17) is 16.1 Å². The third-order valence-corrected chi connectivity index (χ3v) is 4.49. The Balaban J connectivity index is 1.87. The van der Waals surface area contributed by atoms with Gasteiger partial charge in [-0.2, -0.15) is 4.98 Å². The Morgan fingerprint density at radius 3 is 2.85 bits per heavy atom. The minimum absolute atomic E-state index is 0.144. The van der Waals surface area contributed by atoms with E-state index in [2.05, 4.69) is 15.1 Å². The van der Waals surface area contributed by atoms with Crippen LogP contribution in [0.25, 0.3) is 17.2 Å². The van der Waals surface area contributed by atoms with Crippen LogP contribution < -0.4 is 4.90 Å². The Bertz CT molecular complexity index is 993. The number of imidazole rings is 1. The molecule has 0 saturated heterocycles. The zero-order chi connectivity index (χ0) is 18.4. The Labute approximate surface area is 155 Å². The highest BCUT2D eigenvalue weighted by Crippen LogP contribution is 2.37. The third kappa shape index (κ3) is 2.53. The number of halogens is 1. The summed E-state index contributed by atoms with van der Waals surface area (Å²) in [5.74, 6) is 0.969. The first-order valence-corrected chi connectivity index (χ1v) is 8.55. The van der Waals surface area contributed by atoms with Gasteiger partial charge in [-0.15, -0.1) is 0 Å². The smallest absolute Gasteiger partial charge is 0.324 e. The molecule has 0 N–H and O–H groups in total. The molecule has 8 nitrogen and oxygen atoms in total. The predicted octanol–water partition coefficient (Wildman–Crippen LogP) is 3.14. The minimum Gasteiger partial charge on any atom is -0.339 e. The Morgan fingerprint density at radius 2 is 2.15 bits per heavy atom. The molecule has 134 valence electrons. The molecular weight excluding hydrogens is 356 g/mol. The SMILES string of the molecule is CCc1nc(-c2ncn3c2CN(C(=O)N(C)C)c2cc(Cl)ccc2-3)no1. The van der Waals surface area contributed by atoms with E-state index in [0.717, 1.165) is 17.1 Å². The van der Waals surface area contributed by atoms with Gasteiger partial charge in [0.2, 0.25) is 11.7 Å². The van der Waals surface area contributed by atoms with Crippen molar-refractivity contribution in [1.29, 1.82) is 0 Å². The van der Waals surface area contributed by atoms with Crippen molar-refractivity contribution >= 4 is 23.3 Å². The number of aryl methyl sites for hydroxylation is 1. The second-order valence-corrected chi connectivity index (χ2v) is 6.61. The molecule has 1 aliphatic heterocycles. The summed E-state index contributed by atoms with van der Waals surface area (Å²) >= 11 is 6.16. The van der Waals surface area contributed by atoms with Crippen LogP contribution in [0.2, 0.25) is 5.02 Å². The number of aromatic nitrogens is 4. The number of fused-ring (bicyclic) bond motifs is 3. The van der Waals surface area contributed by atoms with Crippen molar-refractivity contribution in [2.75, 3.05) is 19.0 Å². The van der Waals surface area contributed by atoms with Gasteiger partial charge in [0.05, 0.1) is 23.6 Å². The zero-order valence-corrected chi connectivity index (χ0v) is 15.4. The van der Waals surface area contributed by atoms with E-state index >= 15 is 0 Å². The van der Waals surface area contributed by atoms with Crippen molar-refractivity contribution in [2.45, 2.75) is 19.9 Å². The monoisotopic (exact) mass is 372 g/mol. The number of hydrogen-bond acceptors (Lipinski definition) is 5. The molecule has 0 atom stereocenters. The molecule has 3 aromatic rings. The molecule has 0 unspecified atom stereocenters. The van der Waals surface area contributed by atoms with Crippen molar-refractivity contribution in [3.8, 4) is 17.2 Å². The van der Waals surface area contributed by atoms with E-state index in [-0.39, 0.29) is 6.03 Å². The number of rotatable bonds is 2. The molecule has 2 amide bonds. The lowest BCUT2D eigenvalue weighted by atomic mass is 10.1. The maximum atomic E-state index is 12.7. The Morgan fingerprint density at radius 1 is 1.35 bits per heavy atom. The number of nitrogens with zero attached hydrogens (tertiary/aromatic N) is 6. The van der Waals surface area contributed by atoms with Gasteiger partial charge < -0.3 is 9.42 Å². The van der Waals surface area contributed by atoms with Crippen molar-refractivity contribution in [2.24, 2.45) is 0 Å². The first-order valence-electron chi connectivity index (χ1n) is 8.17. The van der Waals surface area contributed by atoms with Crippen LogP contribution in [0.4, 0.5) is 10.5 Å². The molecule has 0 saturated carbocycles. The normalized spacial score (nSPS) is 12.7. The van der Waals surface area contributed by atoms with Crippen molar-refractivity contribution in [3.05, 3.63) is 41.1 Å². The van der Waals surface area contributed by atoms with E-state index in [1.165, 1.54) is 4.90 Å². The number of carbonyl (C=O) groups excluding carboxylic acids is 1. The first kappa shape index (κ1) is 16.6. The molecule has 4 rings (SSSR count). The summed E-state index contributed by atoms with van der Waals surface area (Å²) in [6.07, 6.45) is 2.35. The van der Waals surface area contributed by atoms with Gasteiger partial charge >= 0.3 is 6.03 Å². The molecule has 0 bridgehead atoms. The summed E-state index contributed by atoms with van der Waals surface area (Å²) in [6, 6.07) is 5.30. The van der Waals surface area contributed by atoms with Crippen LogP contribution in [0.5, 0.6) is 0 Å². The second-order valence-electron chi connectivity index (χ2n) is 6.17. The molecule has 1 aliphatic rings. The molecular formula is C17H17ClN6O2. The summed E-state index contributed by atoms with van der Waals surface area (Å²) in [5.41, 5.74) is 2.97. The molecule has 26 heavy (non-hydrogen) atoms. The van der Waals surface area contributed by atoms with Gasteiger partial charge in [0, 0.05) is 25.5 Å². The summed E-state index contributed by atoms with van der Waals surface area (Å²) in [7, 11) is 3.43. The molecule has 9 heteroatoms. The maximum Gasteiger partial charge on any atom is 0.324 e. The number of anilines is 1. The van der Waals surface area contributed by atoms with E-state index in [9.17, 15) is 4.79 Å². The number of hydrogen-bond donors (Lipinski definition) is 0. The van der Waals surface area contributed by atoms with E-state index < -0.39 is 0 Å². The fourth-order valence-electron chi connectivity index (χ4n) is 2.98. The number of benzene rings is 1. The van der Waals surface area contributed by atoms with Crippen LogP contribution in [0, 0.1) is 0 Å². The summed E-state index contributed by atoms with van der Waals surface area (Å²) < 4.78 is 7.14. The Hall–Kier alpha value is -2.87. The third-order valence-electron chi connectivity index (χ3n) is 4.26. The Kier molecular flexibility index (Phi) is 3.91. The van der Waals surface area contributed by atoms with Crippen LogP contribution >= 0.6 is 11.6 Å². The minimum atomic E-state index is -0.144. The van der Waals surface area contributed by atoms with E-state index in [0.29, 0.717) is 35.4 Å². The number of carbonyl (C=O) groups is 1. The maximum absolute atomic E-state index is 12.7. The molecule has 1 aromatic carbocycles. The summed E-state index contributed by atoms with van der Waals surface area (Å²) in [6.45, 7) is 2.27. The highest BCUT2D eigenvalue weighted by atomic mass is 35.5. The second kappa shape index (κ2) is 6.14. The van der Waals surface area contributed by atoms with Gasteiger partial charge in [-0.25, -0.2) is 9.78 Å². The van der Waals surface area contributed by atoms with Crippen LogP contribution in [-0.4, -0.2) is 44.7 Å². The van der Waals surface area contributed by atoms with Gasteiger partial charge in [-0.05, 0) is 18.2 Å². The quantitative estimate of drug-likeness (QED) is 0.690. The van der Waals surface area contributed by atoms with Gasteiger partial charge in [-0.3, -0.25) is 9.47 Å². The fourth-order valence-corrected chi connectivity index (χ4v) is 3.14. The number of amides is 2. The zero-order valence-electron chi connectivity index (χ0n) is 14.6. The van der Waals surface area contributed by atoms with E-state index in [1.54, 1.807) is 37.5 Å². The van der Waals surface area contributed by atoms with Crippen molar-refractivity contribution in [1.82, 2.24) is 24.6 Å². The fraction of sp³-hybridized carbons (Fsp3) is 0.294. The standard InChI is InChI=1S/C17H17ClN6O2/c1-4-14-20-16(21-26-14)15-13-8-23(17(25)22(2)3)12-7-10(18)5-6-11(12)24(13)9-19-15/h5-7,9H,4,8H2,1-3H3.